The predicted octanol–water partition coefficient (Wildman–Crippen LogP) is 2.26. The van der Waals surface area contributed by atoms with E-state index in [1.807, 2.05) is 18.2 Å². The van der Waals surface area contributed by atoms with Gasteiger partial charge in [-0.05, 0) is 24.3 Å². The van der Waals surface area contributed by atoms with E-state index in [9.17, 15) is 9.59 Å². The molecule has 0 spiro atoms. The van der Waals surface area contributed by atoms with Crippen molar-refractivity contribution in [1.82, 2.24) is 9.55 Å². The zero-order chi connectivity index (χ0) is 15.7. The van der Waals surface area contributed by atoms with E-state index in [-0.39, 0.29) is 11.5 Å². The van der Waals surface area contributed by atoms with Gasteiger partial charge in [-0.2, -0.15) is 0 Å². The molecular weight excluding hydrogens is 302 g/mol. The fraction of sp³-hybridized carbons (Fsp3) is 0.133. The number of fused-ring (bicyclic) bond motifs is 1. The lowest BCUT2D eigenvalue weighted by molar-refractivity contribution is 0.102. The average molecular weight is 315 g/mol. The second kappa shape index (κ2) is 5.61. The number of rotatable bonds is 3. The minimum absolute atomic E-state index is 0.163. The summed E-state index contributed by atoms with van der Waals surface area (Å²) >= 11 is 1.37. The summed E-state index contributed by atoms with van der Waals surface area (Å²) in [5, 5.41) is 3.25. The third-order valence-electron chi connectivity index (χ3n) is 3.16. The van der Waals surface area contributed by atoms with E-state index in [2.05, 4.69) is 10.3 Å². The van der Waals surface area contributed by atoms with Gasteiger partial charge in [-0.15, -0.1) is 0 Å². The Labute approximate surface area is 130 Å². The Hall–Kier alpha value is -2.67. The lowest BCUT2D eigenvalue weighted by Crippen LogP contribution is -2.19. The highest BCUT2D eigenvalue weighted by atomic mass is 32.1. The van der Waals surface area contributed by atoms with Crippen molar-refractivity contribution in [2.45, 2.75) is 0 Å². The second-order valence-corrected chi connectivity index (χ2v) is 5.70. The minimum Gasteiger partial charge on any atom is -0.497 e. The zero-order valence-electron chi connectivity index (χ0n) is 12.0. The van der Waals surface area contributed by atoms with Gasteiger partial charge in [0.25, 0.3) is 5.91 Å². The van der Waals surface area contributed by atoms with Crippen LogP contribution in [-0.2, 0) is 7.05 Å². The Morgan fingerprint density at radius 1 is 1.32 bits per heavy atom. The van der Waals surface area contributed by atoms with Gasteiger partial charge in [0.05, 0.1) is 22.9 Å². The SMILES string of the molecule is COc1ccc2nc(NC(=O)c3ccc(=O)n(C)c3)sc2c1. The minimum atomic E-state index is -0.304. The number of aryl methyl sites for hydroxylation is 1. The third-order valence-corrected chi connectivity index (χ3v) is 4.10. The number of amides is 1. The average Bonchev–Trinajstić information content (AvgIpc) is 2.90. The monoisotopic (exact) mass is 315 g/mol. The maximum Gasteiger partial charge on any atom is 0.258 e. The van der Waals surface area contributed by atoms with Crippen LogP contribution < -0.4 is 15.6 Å². The molecule has 2 aromatic heterocycles. The zero-order valence-corrected chi connectivity index (χ0v) is 12.8. The standard InChI is InChI=1S/C15H13N3O3S/c1-18-8-9(3-6-13(18)19)14(20)17-15-16-11-5-4-10(21-2)7-12(11)22-15/h3-8H,1-2H3,(H,16,17,20). The van der Waals surface area contributed by atoms with Crippen molar-refractivity contribution >= 4 is 32.6 Å². The molecule has 0 aliphatic heterocycles. The predicted molar refractivity (Wildman–Crippen MR) is 85.8 cm³/mol. The molecule has 3 rings (SSSR count). The first-order chi connectivity index (χ1) is 10.6. The molecule has 0 radical (unpaired) electrons. The molecule has 22 heavy (non-hydrogen) atoms. The number of aromatic nitrogens is 2. The summed E-state index contributed by atoms with van der Waals surface area (Å²) < 4.78 is 7.45. The molecule has 0 aliphatic carbocycles. The molecule has 7 heteroatoms. The molecule has 0 fully saturated rings. The quantitative estimate of drug-likeness (QED) is 0.804. The summed E-state index contributed by atoms with van der Waals surface area (Å²) in [6.45, 7) is 0. The number of anilines is 1. The summed E-state index contributed by atoms with van der Waals surface area (Å²) in [6, 6.07) is 8.38. The van der Waals surface area contributed by atoms with Crippen LogP contribution in [0.15, 0.2) is 41.3 Å². The number of nitrogens with one attached hydrogen (secondary N) is 1. The maximum atomic E-state index is 12.2. The lowest BCUT2D eigenvalue weighted by atomic mass is 10.2. The Morgan fingerprint density at radius 3 is 2.86 bits per heavy atom. The molecule has 1 N–H and O–H groups in total. The van der Waals surface area contributed by atoms with Crippen LogP contribution in [0.3, 0.4) is 0 Å². The first kappa shape index (κ1) is 14.3. The summed E-state index contributed by atoms with van der Waals surface area (Å²) in [4.78, 5) is 27.9. The molecule has 0 atom stereocenters. The highest BCUT2D eigenvalue weighted by Gasteiger charge is 2.11. The smallest absolute Gasteiger partial charge is 0.258 e. The largest absolute Gasteiger partial charge is 0.497 e. The van der Waals surface area contributed by atoms with E-state index in [0.29, 0.717) is 10.7 Å². The van der Waals surface area contributed by atoms with E-state index in [1.54, 1.807) is 14.2 Å². The first-order valence-electron chi connectivity index (χ1n) is 6.49. The Kier molecular flexibility index (Phi) is 3.64. The van der Waals surface area contributed by atoms with Crippen molar-refractivity contribution in [2.24, 2.45) is 7.05 Å². The van der Waals surface area contributed by atoms with Crippen LogP contribution in [-0.4, -0.2) is 22.6 Å². The van der Waals surface area contributed by atoms with Gasteiger partial charge in [0.2, 0.25) is 5.56 Å². The van der Waals surface area contributed by atoms with Gasteiger partial charge in [0.15, 0.2) is 5.13 Å². The second-order valence-electron chi connectivity index (χ2n) is 4.67. The third kappa shape index (κ3) is 2.71. The van der Waals surface area contributed by atoms with Gasteiger partial charge >= 0.3 is 0 Å². The van der Waals surface area contributed by atoms with Crippen molar-refractivity contribution in [3.05, 3.63) is 52.4 Å². The van der Waals surface area contributed by atoms with Gasteiger partial charge in [0.1, 0.15) is 5.75 Å². The van der Waals surface area contributed by atoms with Crippen molar-refractivity contribution in [3.8, 4) is 5.75 Å². The van der Waals surface area contributed by atoms with Crippen LogP contribution in [0.5, 0.6) is 5.75 Å². The van der Waals surface area contributed by atoms with Crippen molar-refractivity contribution in [1.29, 1.82) is 0 Å². The van der Waals surface area contributed by atoms with Crippen molar-refractivity contribution < 1.29 is 9.53 Å². The van der Waals surface area contributed by atoms with E-state index >= 15 is 0 Å². The van der Waals surface area contributed by atoms with Gasteiger partial charge < -0.3 is 9.30 Å². The molecule has 3 aromatic rings. The summed E-state index contributed by atoms with van der Waals surface area (Å²) in [6.07, 6.45) is 1.49. The summed E-state index contributed by atoms with van der Waals surface area (Å²) in [5.41, 5.74) is 1.03. The number of pyridine rings is 1. The van der Waals surface area contributed by atoms with Crippen LogP contribution in [0.1, 0.15) is 10.4 Å². The van der Waals surface area contributed by atoms with Crippen LogP contribution in [0.2, 0.25) is 0 Å². The number of carbonyl (C=O) groups is 1. The molecular formula is C15H13N3O3S. The van der Waals surface area contributed by atoms with Crippen molar-refractivity contribution in [2.75, 3.05) is 12.4 Å². The van der Waals surface area contributed by atoms with Crippen molar-refractivity contribution in [3.63, 3.8) is 0 Å². The maximum absolute atomic E-state index is 12.2. The lowest BCUT2D eigenvalue weighted by Gasteiger charge is -2.03. The number of thiazole rings is 1. The number of carbonyl (C=O) groups excluding carboxylic acids is 1. The van der Waals surface area contributed by atoms with E-state index in [0.717, 1.165) is 16.0 Å². The number of hydrogen-bond donors (Lipinski definition) is 1. The Balaban J connectivity index is 1.87. The highest BCUT2D eigenvalue weighted by molar-refractivity contribution is 7.22. The molecule has 6 nitrogen and oxygen atoms in total. The molecule has 0 bridgehead atoms. The topological polar surface area (TPSA) is 73.2 Å². The summed E-state index contributed by atoms with van der Waals surface area (Å²) in [5.74, 6) is 0.439. The van der Waals surface area contributed by atoms with Gasteiger partial charge in [0, 0.05) is 19.3 Å². The molecule has 1 amide bonds. The van der Waals surface area contributed by atoms with E-state index < -0.39 is 0 Å². The Morgan fingerprint density at radius 2 is 2.14 bits per heavy atom. The Bertz CT molecular complexity index is 914. The molecule has 1 aromatic carbocycles. The molecule has 0 unspecified atom stereocenters. The molecule has 0 saturated heterocycles. The van der Waals surface area contributed by atoms with Gasteiger partial charge in [-0.25, -0.2) is 4.98 Å². The molecule has 2 heterocycles. The molecule has 112 valence electrons. The number of benzene rings is 1. The highest BCUT2D eigenvalue weighted by Crippen LogP contribution is 2.29. The fourth-order valence-electron chi connectivity index (χ4n) is 1.98. The van der Waals surface area contributed by atoms with E-state index in [4.69, 9.17) is 4.74 Å². The van der Waals surface area contributed by atoms with Gasteiger partial charge in [-0.1, -0.05) is 11.3 Å². The van der Waals surface area contributed by atoms with E-state index in [1.165, 1.54) is 34.2 Å². The number of methoxy groups -OCH3 is 1. The normalized spacial score (nSPS) is 10.6. The first-order valence-corrected chi connectivity index (χ1v) is 7.31. The van der Waals surface area contributed by atoms with Crippen LogP contribution in [0.4, 0.5) is 5.13 Å². The van der Waals surface area contributed by atoms with Crippen LogP contribution >= 0.6 is 11.3 Å². The molecule has 0 aliphatic rings. The number of hydrogen-bond acceptors (Lipinski definition) is 5. The van der Waals surface area contributed by atoms with Crippen LogP contribution in [0.25, 0.3) is 10.2 Å². The molecule has 0 saturated carbocycles. The van der Waals surface area contributed by atoms with Gasteiger partial charge in [-0.3, -0.25) is 14.9 Å². The fourth-order valence-corrected chi connectivity index (χ4v) is 2.87. The van der Waals surface area contributed by atoms with Crippen LogP contribution in [0, 0.1) is 0 Å². The number of nitrogens with zero attached hydrogens (tertiary/aromatic N) is 2. The summed E-state index contributed by atoms with van der Waals surface area (Å²) in [7, 11) is 3.20. The number of ether oxygens (including phenoxy) is 1.